The lowest BCUT2D eigenvalue weighted by Crippen LogP contribution is -2.33. The fraction of sp³-hybridized carbons (Fsp3) is 0.750. The molecule has 1 aliphatic rings. The van der Waals surface area contributed by atoms with Crippen LogP contribution in [0.2, 0.25) is 0 Å². The van der Waals surface area contributed by atoms with Crippen LogP contribution in [-0.2, 0) is 16.6 Å². The molecule has 8 heteroatoms. The van der Waals surface area contributed by atoms with Crippen LogP contribution in [0, 0.1) is 5.92 Å². The number of nitrogens with zero attached hydrogens (tertiary/aromatic N) is 4. The topological polar surface area (TPSA) is 78.7 Å². The Hall–Kier alpha value is -0.960. The van der Waals surface area contributed by atoms with Crippen molar-refractivity contribution < 1.29 is 13.5 Å². The Balaban J connectivity index is 1.86. The van der Waals surface area contributed by atoms with Crippen LogP contribution in [0.3, 0.4) is 0 Å². The van der Waals surface area contributed by atoms with Crippen LogP contribution < -0.4 is 0 Å². The molecule has 0 spiro atoms. The molecule has 114 valence electrons. The molecule has 7 nitrogen and oxygen atoms in total. The molecule has 1 aromatic rings. The number of rotatable bonds is 6. The van der Waals surface area contributed by atoms with Gasteiger partial charge in [0.1, 0.15) is 0 Å². The van der Waals surface area contributed by atoms with E-state index in [2.05, 4.69) is 9.88 Å². The molecule has 1 aliphatic heterocycles. The van der Waals surface area contributed by atoms with Crippen LogP contribution in [0.25, 0.3) is 0 Å². The van der Waals surface area contributed by atoms with Gasteiger partial charge in [0.05, 0.1) is 18.2 Å². The van der Waals surface area contributed by atoms with Crippen molar-refractivity contribution in [3.8, 4) is 0 Å². The standard InChI is InChI=1S/C12H22N4O3S/c1-14(2)20(18,19)9-11-7-16(8-12(11)17)6-5-15-4-3-13-10-15/h3-4,10-12,17H,5-9H2,1-2H3/t11-,12+/m0/s1. The Kier molecular flexibility index (Phi) is 4.79. The third-order valence-electron chi connectivity index (χ3n) is 3.70. The Morgan fingerprint density at radius 3 is 2.70 bits per heavy atom. The molecule has 0 amide bonds. The van der Waals surface area contributed by atoms with Crippen LogP contribution in [-0.4, -0.2) is 77.9 Å². The molecule has 0 aliphatic carbocycles. The first-order valence-electron chi connectivity index (χ1n) is 6.65. The summed E-state index contributed by atoms with van der Waals surface area (Å²) in [6.07, 6.45) is 4.79. The summed E-state index contributed by atoms with van der Waals surface area (Å²) in [6, 6.07) is 0. The first kappa shape index (κ1) is 15.4. The fourth-order valence-corrected chi connectivity index (χ4v) is 3.55. The maximum Gasteiger partial charge on any atom is 0.214 e. The number of aliphatic hydroxyl groups excluding tert-OH is 1. The number of β-amino-alcohol motifs (C(OH)–C–C–N with tert-alkyl or cyclic N) is 1. The summed E-state index contributed by atoms with van der Waals surface area (Å²) in [5, 5.41) is 10.0. The highest BCUT2D eigenvalue weighted by atomic mass is 32.2. The summed E-state index contributed by atoms with van der Waals surface area (Å²) in [7, 11) is -0.222. The van der Waals surface area contributed by atoms with Crippen molar-refractivity contribution in [1.82, 2.24) is 18.8 Å². The quantitative estimate of drug-likeness (QED) is 0.734. The summed E-state index contributed by atoms with van der Waals surface area (Å²) in [5.74, 6) is -0.215. The minimum atomic E-state index is -3.26. The first-order chi connectivity index (χ1) is 9.38. The number of aromatic nitrogens is 2. The van der Waals surface area contributed by atoms with Crippen molar-refractivity contribution in [3.05, 3.63) is 18.7 Å². The van der Waals surface area contributed by atoms with Crippen LogP contribution >= 0.6 is 0 Å². The predicted octanol–water partition coefficient (Wildman–Crippen LogP) is -0.933. The zero-order chi connectivity index (χ0) is 14.8. The Labute approximate surface area is 119 Å². The first-order valence-corrected chi connectivity index (χ1v) is 8.26. The maximum absolute atomic E-state index is 11.9. The molecule has 2 atom stereocenters. The lowest BCUT2D eigenvalue weighted by molar-refractivity contribution is 0.148. The molecule has 0 bridgehead atoms. The van der Waals surface area contributed by atoms with Gasteiger partial charge in [-0.2, -0.15) is 0 Å². The Bertz CT molecular complexity index is 515. The average Bonchev–Trinajstić information content (AvgIpc) is 2.97. The van der Waals surface area contributed by atoms with E-state index < -0.39 is 16.1 Å². The number of hydrogen-bond donors (Lipinski definition) is 1. The lowest BCUT2D eigenvalue weighted by Gasteiger charge is -2.18. The largest absolute Gasteiger partial charge is 0.391 e. The van der Waals surface area contributed by atoms with Gasteiger partial charge < -0.3 is 9.67 Å². The fourth-order valence-electron chi connectivity index (χ4n) is 2.38. The van der Waals surface area contributed by atoms with Crippen LogP contribution in [0.5, 0.6) is 0 Å². The third-order valence-corrected chi connectivity index (χ3v) is 5.66. The van der Waals surface area contributed by atoms with E-state index in [1.807, 2.05) is 10.8 Å². The van der Waals surface area contributed by atoms with Crippen LogP contribution in [0.4, 0.5) is 0 Å². The number of likely N-dealkylation sites (tertiary alicyclic amines) is 1. The summed E-state index contributed by atoms with van der Waals surface area (Å²) in [6.45, 7) is 2.72. The minimum absolute atomic E-state index is 0.00272. The van der Waals surface area contributed by atoms with Crippen molar-refractivity contribution in [2.24, 2.45) is 5.92 Å². The molecular weight excluding hydrogens is 280 g/mol. The van der Waals surface area contributed by atoms with Crippen LogP contribution in [0.1, 0.15) is 0 Å². The van der Waals surface area contributed by atoms with Gasteiger partial charge in [-0.1, -0.05) is 0 Å². The molecule has 0 aromatic carbocycles. The summed E-state index contributed by atoms with van der Waals surface area (Å²) in [4.78, 5) is 6.07. The molecule has 2 rings (SSSR count). The molecule has 1 saturated heterocycles. The van der Waals surface area contributed by atoms with Gasteiger partial charge in [0.25, 0.3) is 0 Å². The van der Waals surface area contributed by atoms with Gasteiger partial charge in [0, 0.05) is 58.6 Å². The second-order valence-corrected chi connectivity index (χ2v) is 7.68. The Morgan fingerprint density at radius 2 is 2.10 bits per heavy atom. The number of sulfonamides is 1. The number of imidazole rings is 1. The predicted molar refractivity (Wildman–Crippen MR) is 75.6 cm³/mol. The molecule has 20 heavy (non-hydrogen) atoms. The van der Waals surface area contributed by atoms with E-state index in [0.29, 0.717) is 13.1 Å². The minimum Gasteiger partial charge on any atom is -0.391 e. The van der Waals surface area contributed by atoms with Gasteiger partial charge in [-0.15, -0.1) is 0 Å². The molecule has 1 N–H and O–H groups in total. The van der Waals surface area contributed by atoms with Gasteiger partial charge in [0.2, 0.25) is 10.0 Å². The van der Waals surface area contributed by atoms with Gasteiger partial charge in [-0.05, 0) is 0 Å². The third kappa shape index (κ3) is 3.78. The smallest absolute Gasteiger partial charge is 0.214 e. The van der Waals surface area contributed by atoms with Crippen LogP contribution in [0.15, 0.2) is 18.7 Å². The Morgan fingerprint density at radius 1 is 1.35 bits per heavy atom. The van der Waals surface area contributed by atoms with E-state index in [1.165, 1.54) is 18.4 Å². The van der Waals surface area contributed by atoms with E-state index >= 15 is 0 Å². The van der Waals surface area contributed by atoms with E-state index in [-0.39, 0.29) is 11.7 Å². The molecular formula is C12H22N4O3S. The molecule has 0 saturated carbocycles. The van der Waals surface area contributed by atoms with Crippen molar-refractivity contribution in [1.29, 1.82) is 0 Å². The maximum atomic E-state index is 11.9. The summed E-state index contributed by atoms with van der Waals surface area (Å²) >= 11 is 0. The summed E-state index contributed by atoms with van der Waals surface area (Å²) < 4.78 is 26.9. The number of aliphatic hydroxyl groups is 1. The monoisotopic (exact) mass is 302 g/mol. The van der Waals surface area contributed by atoms with Gasteiger partial charge in [-0.3, -0.25) is 4.90 Å². The highest BCUT2D eigenvalue weighted by Crippen LogP contribution is 2.19. The van der Waals surface area contributed by atoms with E-state index in [0.717, 1.165) is 13.1 Å². The second kappa shape index (κ2) is 6.21. The van der Waals surface area contributed by atoms with Crippen molar-refractivity contribution >= 4 is 10.0 Å². The highest BCUT2D eigenvalue weighted by Gasteiger charge is 2.34. The second-order valence-electron chi connectivity index (χ2n) is 5.45. The van der Waals surface area contributed by atoms with Crippen molar-refractivity contribution in [3.63, 3.8) is 0 Å². The highest BCUT2D eigenvalue weighted by molar-refractivity contribution is 7.89. The van der Waals surface area contributed by atoms with E-state index in [4.69, 9.17) is 0 Å². The molecule has 0 radical (unpaired) electrons. The van der Waals surface area contributed by atoms with Gasteiger partial charge in [-0.25, -0.2) is 17.7 Å². The molecule has 2 heterocycles. The number of hydrogen-bond acceptors (Lipinski definition) is 5. The molecule has 1 fully saturated rings. The van der Waals surface area contributed by atoms with Gasteiger partial charge >= 0.3 is 0 Å². The van der Waals surface area contributed by atoms with E-state index in [9.17, 15) is 13.5 Å². The zero-order valence-electron chi connectivity index (χ0n) is 11.9. The average molecular weight is 302 g/mol. The SMILES string of the molecule is CN(C)S(=O)(=O)C[C@@H]1CN(CCn2ccnc2)C[C@H]1O. The van der Waals surface area contributed by atoms with Crippen molar-refractivity contribution in [2.75, 3.05) is 39.5 Å². The van der Waals surface area contributed by atoms with Gasteiger partial charge in [0.15, 0.2) is 0 Å². The lowest BCUT2D eigenvalue weighted by atomic mass is 10.1. The van der Waals surface area contributed by atoms with E-state index in [1.54, 1.807) is 12.5 Å². The normalized spacial score (nSPS) is 24.6. The zero-order valence-corrected chi connectivity index (χ0v) is 12.7. The molecule has 1 aromatic heterocycles. The summed E-state index contributed by atoms with van der Waals surface area (Å²) in [5.41, 5.74) is 0. The van der Waals surface area contributed by atoms with Crippen molar-refractivity contribution in [2.45, 2.75) is 12.6 Å². The molecule has 0 unspecified atom stereocenters.